The third kappa shape index (κ3) is 4.21. The average molecular weight is 348 g/mol. The van der Waals surface area contributed by atoms with Crippen LogP contribution >= 0.6 is 11.6 Å². The standard InChI is InChI=1S/C17H18ClN3O3/c18-13-4-2-12(3-5-13)17-20-16(24-21-17)8-7-15(23)19-14-6-1-11(9-14)10-22/h1-6,11,14,22H,7-10H2,(H,19,23)/t11-,14+/m0/s1. The molecule has 2 aromatic rings. The van der Waals surface area contributed by atoms with Crippen LogP contribution in [0, 0.1) is 5.92 Å². The van der Waals surface area contributed by atoms with E-state index in [0.717, 1.165) is 12.0 Å². The lowest BCUT2D eigenvalue weighted by atomic mass is 10.1. The number of hydrogen-bond acceptors (Lipinski definition) is 5. The lowest BCUT2D eigenvalue weighted by molar-refractivity contribution is -0.121. The minimum atomic E-state index is -0.0746. The van der Waals surface area contributed by atoms with E-state index in [9.17, 15) is 4.79 Å². The van der Waals surface area contributed by atoms with E-state index < -0.39 is 0 Å². The van der Waals surface area contributed by atoms with Crippen LogP contribution in [0.15, 0.2) is 40.9 Å². The molecular weight excluding hydrogens is 330 g/mol. The fourth-order valence-electron chi connectivity index (χ4n) is 2.59. The molecule has 3 rings (SSSR count). The third-order valence-electron chi connectivity index (χ3n) is 3.89. The molecular formula is C17H18ClN3O3. The largest absolute Gasteiger partial charge is 0.396 e. The first-order valence-electron chi connectivity index (χ1n) is 7.81. The van der Waals surface area contributed by atoms with E-state index in [1.54, 1.807) is 12.1 Å². The quantitative estimate of drug-likeness (QED) is 0.783. The number of rotatable bonds is 6. The lowest BCUT2D eigenvalue weighted by Gasteiger charge is -2.12. The molecule has 1 heterocycles. The molecule has 2 N–H and O–H groups in total. The molecule has 0 saturated carbocycles. The highest BCUT2D eigenvalue weighted by atomic mass is 35.5. The number of benzene rings is 1. The molecule has 126 valence electrons. The van der Waals surface area contributed by atoms with Crippen molar-refractivity contribution in [3.63, 3.8) is 0 Å². The molecule has 0 unspecified atom stereocenters. The van der Waals surface area contributed by atoms with Crippen molar-refractivity contribution in [2.45, 2.75) is 25.3 Å². The van der Waals surface area contributed by atoms with Gasteiger partial charge in [-0.15, -0.1) is 0 Å². The number of aliphatic hydroxyl groups is 1. The topological polar surface area (TPSA) is 88.2 Å². The second-order valence-electron chi connectivity index (χ2n) is 5.76. The summed E-state index contributed by atoms with van der Waals surface area (Å²) in [5, 5.41) is 16.6. The van der Waals surface area contributed by atoms with Gasteiger partial charge in [-0.3, -0.25) is 4.79 Å². The van der Waals surface area contributed by atoms with Gasteiger partial charge in [-0.05, 0) is 30.7 Å². The lowest BCUT2D eigenvalue weighted by Crippen LogP contribution is -2.33. The second kappa shape index (κ2) is 7.59. The number of carbonyl (C=O) groups is 1. The third-order valence-corrected chi connectivity index (χ3v) is 4.14. The number of carbonyl (C=O) groups excluding carboxylic acids is 1. The summed E-state index contributed by atoms with van der Waals surface area (Å²) >= 11 is 5.85. The van der Waals surface area contributed by atoms with Crippen LogP contribution in [0.2, 0.25) is 5.02 Å². The number of aromatic nitrogens is 2. The fraction of sp³-hybridized carbons (Fsp3) is 0.353. The Morgan fingerprint density at radius 1 is 1.33 bits per heavy atom. The van der Waals surface area contributed by atoms with Crippen molar-refractivity contribution in [1.29, 1.82) is 0 Å². The predicted molar refractivity (Wildman–Crippen MR) is 89.3 cm³/mol. The highest BCUT2D eigenvalue weighted by Crippen LogP contribution is 2.19. The van der Waals surface area contributed by atoms with Gasteiger partial charge < -0.3 is 14.9 Å². The molecule has 0 aliphatic heterocycles. The summed E-state index contributed by atoms with van der Waals surface area (Å²) in [6.45, 7) is 0.109. The Morgan fingerprint density at radius 2 is 2.12 bits per heavy atom. The van der Waals surface area contributed by atoms with Gasteiger partial charge in [0.1, 0.15) is 0 Å². The summed E-state index contributed by atoms with van der Waals surface area (Å²) in [4.78, 5) is 16.3. The molecule has 0 saturated heterocycles. The summed E-state index contributed by atoms with van der Waals surface area (Å²) in [6.07, 6.45) is 5.25. The van der Waals surface area contributed by atoms with Crippen molar-refractivity contribution in [1.82, 2.24) is 15.5 Å². The zero-order valence-electron chi connectivity index (χ0n) is 13.0. The number of nitrogens with zero attached hydrogens (tertiary/aromatic N) is 2. The number of aryl methyl sites for hydroxylation is 1. The van der Waals surface area contributed by atoms with Crippen LogP contribution < -0.4 is 5.32 Å². The molecule has 24 heavy (non-hydrogen) atoms. The van der Waals surface area contributed by atoms with Crippen molar-refractivity contribution >= 4 is 17.5 Å². The molecule has 0 spiro atoms. The molecule has 6 nitrogen and oxygen atoms in total. The summed E-state index contributed by atoms with van der Waals surface area (Å²) < 4.78 is 5.18. The van der Waals surface area contributed by atoms with E-state index in [2.05, 4.69) is 15.5 Å². The van der Waals surface area contributed by atoms with Crippen LogP contribution in [0.3, 0.4) is 0 Å². The van der Waals surface area contributed by atoms with Crippen LogP contribution in [-0.2, 0) is 11.2 Å². The zero-order chi connectivity index (χ0) is 16.9. The normalized spacial score (nSPS) is 19.6. The molecule has 0 radical (unpaired) electrons. The molecule has 1 amide bonds. The van der Waals surface area contributed by atoms with Crippen LogP contribution in [0.25, 0.3) is 11.4 Å². The van der Waals surface area contributed by atoms with E-state index in [1.807, 2.05) is 24.3 Å². The molecule has 1 aromatic heterocycles. The van der Waals surface area contributed by atoms with Crippen LogP contribution in [0.1, 0.15) is 18.7 Å². The summed E-state index contributed by atoms with van der Waals surface area (Å²) in [5.74, 6) is 0.958. The molecule has 0 bridgehead atoms. The van der Waals surface area contributed by atoms with Crippen molar-refractivity contribution in [2.75, 3.05) is 6.61 Å². The van der Waals surface area contributed by atoms with E-state index in [4.69, 9.17) is 21.2 Å². The first-order chi connectivity index (χ1) is 11.6. The number of aliphatic hydroxyl groups excluding tert-OH is 1. The molecule has 2 atom stereocenters. The molecule has 1 aromatic carbocycles. The number of hydrogen-bond donors (Lipinski definition) is 2. The molecule has 1 aliphatic carbocycles. The maximum Gasteiger partial charge on any atom is 0.227 e. The van der Waals surface area contributed by atoms with Gasteiger partial charge in [0.25, 0.3) is 0 Å². The van der Waals surface area contributed by atoms with Gasteiger partial charge in [0.2, 0.25) is 17.6 Å². The van der Waals surface area contributed by atoms with Crippen LogP contribution in [-0.4, -0.2) is 33.8 Å². The maximum atomic E-state index is 12.0. The Hall–Kier alpha value is -2.18. The van der Waals surface area contributed by atoms with Crippen LogP contribution in [0.5, 0.6) is 0 Å². The Labute approximate surface area is 144 Å². The van der Waals surface area contributed by atoms with Crippen LogP contribution in [0.4, 0.5) is 0 Å². The van der Waals surface area contributed by atoms with Crippen molar-refractivity contribution in [3.8, 4) is 11.4 Å². The predicted octanol–water partition coefficient (Wildman–Crippen LogP) is 2.38. The summed E-state index contributed by atoms with van der Waals surface area (Å²) in [5.41, 5.74) is 0.810. The highest BCUT2D eigenvalue weighted by molar-refractivity contribution is 6.30. The van der Waals surface area contributed by atoms with Gasteiger partial charge in [-0.2, -0.15) is 4.98 Å². The summed E-state index contributed by atoms with van der Waals surface area (Å²) in [7, 11) is 0. The average Bonchev–Trinajstić information content (AvgIpc) is 3.23. The minimum absolute atomic E-state index is 0.0121. The Balaban J connectivity index is 1.49. The monoisotopic (exact) mass is 347 g/mol. The van der Waals surface area contributed by atoms with Crippen molar-refractivity contribution in [3.05, 3.63) is 47.3 Å². The van der Waals surface area contributed by atoms with Gasteiger partial charge in [-0.1, -0.05) is 28.9 Å². The number of halogens is 1. The van der Waals surface area contributed by atoms with E-state index >= 15 is 0 Å². The number of nitrogens with one attached hydrogen (secondary N) is 1. The van der Waals surface area contributed by atoms with Gasteiger partial charge in [0, 0.05) is 42.0 Å². The number of amides is 1. The summed E-state index contributed by atoms with van der Waals surface area (Å²) in [6, 6.07) is 7.13. The van der Waals surface area contributed by atoms with E-state index in [0.29, 0.717) is 23.2 Å². The maximum absolute atomic E-state index is 12.0. The van der Waals surface area contributed by atoms with Gasteiger partial charge in [-0.25, -0.2) is 0 Å². The van der Waals surface area contributed by atoms with Gasteiger partial charge in [0.05, 0.1) is 0 Å². The zero-order valence-corrected chi connectivity index (χ0v) is 13.7. The Morgan fingerprint density at radius 3 is 2.83 bits per heavy atom. The SMILES string of the molecule is O=C(CCc1nc(-c2ccc(Cl)cc2)no1)N[C@@H]1C=C[C@H](CO)C1. The molecule has 0 fully saturated rings. The Bertz CT molecular complexity index is 727. The molecule has 1 aliphatic rings. The first kappa shape index (κ1) is 16.7. The highest BCUT2D eigenvalue weighted by Gasteiger charge is 2.20. The second-order valence-corrected chi connectivity index (χ2v) is 6.19. The first-order valence-corrected chi connectivity index (χ1v) is 8.19. The smallest absolute Gasteiger partial charge is 0.227 e. The van der Waals surface area contributed by atoms with E-state index in [1.165, 1.54) is 0 Å². The minimum Gasteiger partial charge on any atom is -0.396 e. The van der Waals surface area contributed by atoms with Gasteiger partial charge in [0.15, 0.2) is 0 Å². The van der Waals surface area contributed by atoms with Crippen molar-refractivity contribution in [2.24, 2.45) is 5.92 Å². The molecule has 7 heteroatoms. The fourth-order valence-corrected chi connectivity index (χ4v) is 2.72. The van der Waals surface area contributed by atoms with E-state index in [-0.39, 0.29) is 30.9 Å². The Kier molecular flexibility index (Phi) is 5.27. The van der Waals surface area contributed by atoms with Gasteiger partial charge >= 0.3 is 0 Å². The van der Waals surface area contributed by atoms with Crippen molar-refractivity contribution < 1.29 is 14.4 Å².